The first-order valence-corrected chi connectivity index (χ1v) is 8.56. The predicted octanol–water partition coefficient (Wildman–Crippen LogP) is 2.86. The minimum absolute atomic E-state index is 0.0744. The van der Waals surface area contributed by atoms with E-state index in [-0.39, 0.29) is 11.9 Å². The van der Waals surface area contributed by atoms with Gasteiger partial charge in [-0.3, -0.25) is 4.79 Å². The smallest absolute Gasteiger partial charge is 0.404 e. The van der Waals surface area contributed by atoms with Crippen molar-refractivity contribution in [2.45, 2.75) is 32.2 Å². The number of ether oxygens (including phenoxy) is 1. The summed E-state index contributed by atoms with van der Waals surface area (Å²) in [6, 6.07) is 8.92. The highest BCUT2D eigenvalue weighted by Gasteiger charge is 2.21. The Bertz CT molecular complexity index is 805. The van der Waals surface area contributed by atoms with Gasteiger partial charge in [0.15, 0.2) is 0 Å². The Morgan fingerprint density at radius 2 is 2.12 bits per heavy atom. The molecule has 7 heteroatoms. The number of hydrogen-bond donors (Lipinski definition) is 3. The molecular weight excluding hydrogens is 334 g/mol. The van der Waals surface area contributed by atoms with Gasteiger partial charge in [-0.05, 0) is 55.5 Å². The minimum atomic E-state index is -1.00. The zero-order valence-electron chi connectivity index (χ0n) is 14.5. The molecule has 0 bridgehead atoms. The van der Waals surface area contributed by atoms with Gasteiger partial charge in [-0.25, -0.2) is 9.78 Å². The van der Waals surface area contributed by atoms with Crippen LogP contribution in [0.2, 0.25) is 0 Å². The number of aryl methyl sites for hydroxylation is 1. The van der Waals surface area contributed by atoms with E-state index in [0.29, 0.717) is 30.2 Å². The van der Waals surface area contributed by atoms with Crippen LogP contribution in [0, 0.1) is 0 Å². The number of amides is 2. The van der Waals surface area contributed by atoms with E-state index < -0.39 is 6.09 Å². The number of carbonyl (C=O) groups is 2. The monoisotopic (exact) mass is 355 g/mol. The molecule has 7 nitrogen and oxygen atoms in total. The molecule has 3 N–H and O–H groups in total. The fraction of sp³-hybridized carbons (Fsp3) is 0.316. The Hall–Kier alpha value is -3.09. The van der Waals surface area contributed by atoms with Crippen molar-refractivity contribution in [1.82, 2.24) is 10.3 Å². The lowest BCUT2D eigenvalue weighted by atomic mass is 9.87. The van der Waals surface area contributed by atoms with Crippen molar-refractivity contribution in [3.8, 4) is 5.88 Å². The molecule has 26 heavy (non-hydrogen) atoms. The molecule has 1 heterocycles. The molecule has 1 aromatic heterocycles. The first-order valence-electron chi connectivity index (χ1n) is 8.56. The summed E-state index contributed by atoms with van der Waals surface area (Å²) >= 11 is 0. The molecule has 1 aromatic carbocycles. The summed E-state index contributed by atoms with van der Waals surface area (Å²) < 4.78 is 5.28. The number of carbonyl (C=O) groups excluding carboxylic acids is 1. The summed E-state index contributed by atoms with van der Waals surface area (Å²) in [5.74, 6) is 0.313. The van der Waals surface area contributed by atoms with Crippen LogP contribution in [0.1, 0.15) is 34.8 Å². The Balaban J connectivity index is 1.66. The number of aromatic nitrogens is 1. The van der Waals surface area contributed by atoms with Crippen LogP contribution in [0.3, 0.4) is 0 Å². The molecule has 0 saturated carbocycles. The van der Waals surface area contributed by atoms with E-state index in [4.69, 9.17) is 9.84 Å². The Morgan fingerprint density at radius 3 is 2.81 bits per heavy atom. The molecular formula is C19H21N3O4. The SMILES string of the molecule is CCOc1ccc(NC(=O)c2ccc3c(c2)CCC(NC(=O)O)C3)cn1. The molecule has 0 saturated heterocycles. The number of anilines is 1. The van der Waals surface area contributed by atoms with Gasteiger partial charge in [-0.1, -0.05) is 6.07 Å². The van der Waals surface area contributed by atoms with Crippen LogP contribution in [0.25, 0.3) is 0 Å². The highest BCUT2D eigenvalue weighted by Crippen LogP contribution is 2.23. The number of fused-ring (bicyclic) bond motifs is 1. The van der Waals surface area contributed by atoms with Crippen LogP contribution in [0.15, 0.2) is 36.5 Å². The molecule has 0 spiro atoms. The molecule has 2 amide bonds. The summed E-state index contributed by atoms with van der Waals surface area (Å²) in [4.78, 5) is 27.4. The Labute approximate surface area is 151 Å². The van der Waals surface area contributed by atoms with Crippen LogP contribution in [0.4, 0.5) is 10.5 Å². The third kappa shape index (κ3) is 4.30. The van der Waals surface area contributed by atoms with Gasteiger partial charge in [-0.2, -0.15) is 0 Å². The standard InChI is InChI=1S/C19H21N3O4/c1-2-26-17-8-7-16(11-20-17)21-18(23)14-4-3-13-10-15(22-19(24)25)6-5-12(13)9-14/h3-4,7-9,11,15,22H,2,5-6,10H2,1H3,(H,21,23)(H,24,25). The normalized spacial score (nSPS) is 15.7. The molecule has 1 unspecified atom stereocenters. The van der Waals surface area contributed by atoms with Crippen LogP contribution in [-0.2, 0) is 12.8 Å². The van der Waals surface area contributed by atoms with E-state index in [0.717, 1.165) is 24.0 Å². The average molecular weight is 355 g/mol. The van der Waals surface area contributed by atoms with Gasteiger partial charge in [-0.15, -0.1) is 0 Å². The first-order chi connectivity index (χ1) is 12.5. The molecule has 2 aromatic rings. The molecule has 0 radical (unpaired) electrons. The van der Waals surface area contributed by atoms with Crippen molar-refractivity contribution in [3.63, 3.8) is 0 Å². The number of nitrogens with zero attached hydrogens (tertiary/aromatic N) is 1. The van der Waals surface area contributed by atoms with Gasteiger partial charge in [0.2, 0.25) is 5.88 Å². The van der Waals surface area contributed by atoms with E-state index in [9.17, 15) is 9.59 Å². The maximum atomic E-state index is 12.5. The second-order valence-electron chi connectivity index (χ2n) is 6.14. The average Bonchev–Trinajstić information content (AvgIpc) is 2.62. The maximum absolute atomic E-state index is 12.5. The highest BCUT2D eigenvalue weighted by molar-refractivity contribution is 6.04. The van der Waals surface area contributed by atoms with Gasteiger partial charge in [0.1, 0.15) is 0 Å². The lowest BCUT2D eigenvalue weighted by molar-refractivity contribution is 0.102. The second-order valence-corrected chi connectivity index (χ2v) is 6.14. The number of carboxylic acid groups (broad SMARTS) is 1. The number of benzene rings is 1. The molecule has 0 aliphatic heterocycles. The number of nitrogens with one attached hydrogen (secondary N) is 2. The van der Waals surface area contributed by atoms with Gasteiger partial charge in [0.05, 0.1) is 18.5 Å². The third-order valence-electron chi connectivity index (χ3n) is 4.31. The summed E-state index contributed by atoms with van der Waals surface area (Å²) in [5, 5.41) is 14.2. The van der Waals surface area contributed by atoms with Gasteiger partial charge in [0.25, 0.3) is 5.91 Å². The largest absolute Gasteiger partial charge is 0.478 e. The quantitative estimate of drug-likeness (QED) is 0.766. The van der Waals surface area contributed by atoms with Crippen LogP contribution in [0.5, 0.6) is 5.88 Å². The van der Waals surface area contributed by atoms with E-state index in [2.05, 4.69) is 15.6 Å². The van der Waals surface area contributed by atoms with Crippen molar-refractivity contribution < 1.29 is 19.4 Å². The molecule has 136 valence electrons. The fourth-order valence-electron chi connectivity index (χ4n) is 3.08. The minimum Gasteiger partial charge on any atom is -0.478 e. The van der Waals surface area contributed by atoms with E-state index >= 15 is 0 Å². The lowest BCUT2D eigenvalue weighted by Gasteiger charge is -2.24. The van der Waals surface area contributed by atoms with E-state index in [1.54, 1.807) is 24.4 Å². The molecule has 3 rings (SSSR count). The van der Waals surface area contributed by atoms with Crippen molar-refractivity contribution in [2.75, 3.05) is 11.9 Å². The highest BCUT2D eigenvalue weighted by atomic mass is 16.5. The molecule has 1 aliphatic rings. The zero-order chi connectivity index (χ0) is 18.5. The topological polar surface area (TPSA) is 101 Å². The molecule has 1 aliphatic carbocycles. The van der Waals surface area contributed by atoms with Crippen molar-refractivity contribution in [2.24, 2.45) is 0 Å². The van der Waals surface area contributed by atoms with Crippen molar-refractivity contribution in [1.29, 1.82) is 0 Å². The number of hydrogen-bond acceptors (Lipinski definition) is 4. The maximum Gasteiger partial charge on any atom is 0.404 e. The number of pyridine rings is 1. The third-order valence-corrected chi connectivity index (χ3v) is 4.31. The summed E-state index contributed by atoms with van der Waals surface area (Å²) in [6.07, 6.45) is 2.67. The summed E-state index contributed by atoms with van der Waals surface area (Å²) in [7, 11) is 0. The Morgan fingerprint density at radius 1 is 1.27 bits per heavy atom. The Kier molecular flexibility index (Phi) is 5.36. The second kappa shape index (κ2) is 7.86. The van der Waals surface area contributed by atoms with Gasteiger partial charge < -0.3 is 20.5 Å². The van der Waals surface area contributed by atoms with Crippen molar-refractivity contribution >= 4 is 17.7 Å². The molecule has 1 atom stereocenters. The number of rotatable bonds is 5. The summed E-state index contributed by atoms with van der Waals surface area (Å²) in [5.41, 5.74) is 3.34. The van der Waals surface area contributed by atoms with E-state index in [1.165, 1.54) is 0 Å². The van der Waals surface area contributed by atoms with Crippen LogP contribution in [-0.4, -0.2) is 34.7 Å². The fourth-order valence-corrected chi connectivity index (χ4v) is 3.08. The zero-order valence-corrected chi connectivity index (χ0v) is 14.5. The van der Waals surface area contributed by atoms with Crippen molar-refractivity contribution in [3.05, 3.63) is 53.2 Å². The van der Waals surface area contributed by atoms with Gasteiger partial charge in [0, 0.05) is 17.7 Å². The van der Waals surface area contributed by atoms with E-state index in [1.807, 2.05) is 19.1 Å². The van der Waals surface area contributed by atoms with Gasteiger partial charge >= 0.3 is 6.09 Å². The summed E-state index contributed by atoms with van der Waals surface area (Å²) in [6.45, 7) is 2.42. The molecule has 0 fully saturated rings. The lowest BCUT2D eigenvalue weighted by Crippen LogP contribution is -2.37. The van der Waals surface area contributed by atoms with Crippen LogP contribution >= 0.6 is 0 Å². The predicted molar refractivity (Wildman–Crippen MR) is 96.8 cm³/mol. The first kappa shape index (κ1) is 17.7. The van der Waals surface area contributed by atoms with Crippen LogP contribution < -0.4 is 15.4 Å².